The summed E-state index contributed by atoms with van der Waals surface area (Å²) in [5, 5.41) is 11.9. The van der Waals surface area contributed by atoms with E-state index >= 15 is 0 Å². The molecular formula is C16H15N3O3. The predicted octanol–water partition coefficient (Wildman–Crippen LogP) is 2.23. The fourth-order valence-corrected chi connectivity index (χ4v) is 1.75. The average Bonchev–Trinajstić information content (AvgIpc) is 2.57. The number of aromatic nitrogens is 1. The van der Waals surface area contributed by atoms with Crippen molar-refractivity contribution in [1.82, 2.24) is 4.98 Å². The summed E-state index contributed by atoms with van der Waals surface area (Å²) in [5.41, 5.74) is 1.16. The molecule has 112 valence electrons. The van der Waals surface area contributed by atoms with Crippen molar-refractivity contribution in [3.05, 3.63) is 53.9 Å². The van der Waals surface area contributed by atoms with Crippen molar-refractivity contribution in [2.45, 2.75) is 0 Å². The number of nitriles is 1. The number of carbonyl (C=O) groups excluding carboxylic acids is 1. The van der Waals surface area contributed by atoms with E-state index in [1.807, 2.05) is 6.07 Å². The lowest BCUT2D eigenvalue weighted by atomic mass is 10.2. The molecular weight excluding hydrogens is 282 g/mol. The number of hydrogen-bond acceptors (Lipinski definition) is 5. The Balaban J connectivity index is 2.09. The van der Waals surface area contributed by atoms with Gasteiger partial charge in [-0.15, -0.1) is 0 Å². The van der Waals surface area contributed by atoms with Crippen LogP contribution in [-0.2, 0) is 4.74 Å². The Morgan fingerprint density at radius 2 is 2.18 bits per heavy atom. The number of carbonyl (C=O) groups is 1. The van der Waals surface area contributed by atoms with Gasteiger partial charge in [-0.05, 0) is 30.3 Å². The zero-order valence-electron chi connectivity index (χ0n) is 12.1. The summed E-state index contributed by atoms with van der Waals surface area (Å²) in [6.07, 6.45) is 1.54. The molecule has 1 aromatic carbocycles. The van der Waals surface area contributed by atoms with E-state index in [2.05, 4.69) is 10.3 Å². The Kier molecular flexibility index (Phi) is 5.46. The molecule has 0 saturated carbocycles. The van der Waals surface area contributed by atoms with E-state index in [9.17, 15) is 4.79 Å². The molecule has 0 atom stereocenters. The number of ether oxygens (including phenoxy) is 2. The van der Waals surface area contributed by atoms with Crippen molar-refractivity contribution in [1.29, 1.82) is 5.26 Å². The third-order valence-corrected chi connectivity index (χ3v) is 2.80. The van der Waals surface area contributed by atoms with Crippen LogP contribution in [0.1, 0.15) is 16.1 Å². The molecule has 22 heavy (non-hydrogen) atoms. The second-order valence-corrected chi connectivity index (χ2v) is 4.33. The molecule has 0 saturated heterocycles. The molecule has 0 spiro atoms. The first kappa shape index (κ1) is 15.5. The molecule has 2 rings (SSSR count). The molecule has 0 fully saturated rings. The molecule has 1 N–H and O–H groups in total. The van der Waals surface area contributed by atoms with Crippen LogP contribution in [0.25, 0.3) is 0 Å². The Morgan fingerprint density at radius 1 is 1.32 bits per heavy atom. The lowest BCUT2D eigenvalue weighted by molar-refractivity contribution is 0.102. The van der Waals surface area contributed by atoms with Crippen LogP contribution in [0.15, 0.2) is 42.6 Å². The Bertz CT molecular complexity index is 681. The van der Waals surface area contributed by atoms with E-state index in [1.54, 1.807) is 49.7 Å². The molecule has 0 aliphatic heterocycles. The van der Waals surface area contributed by atoms with Crippen LogP contribution in [0.5, 0.6) is 5.75 Å². The van der Waals surface area contributed by atoms with Crippen LogP contribution in [-0.4, -0.2) is 31.2 Å². The van der Waals surface area contributed by atoms with Crippen molar-refractivity contribution in [3.63, 3.8) is 0 Å². The normalized spacial score (nSPS) is 9.82. The van der Waals surface area contributed by atoms with Gasteiger partial charge in [0.05, 0.1) is 12.2 Å². The maximum Gasteiger partial charge on any atom is 0.274 e. The molecule has 0 aliphatic carbocycles. The number of pyridine rings is 1. The number of hydrogen-bond donors (Lipinski definition) is 1. The van der Waals surface area contributed by atoms with Gasteiger partial charge in [0.1, 0.15) is 24.1 Å². The number of rotatable bonds is 6. The minimum absolute atomic E-state index is 0.307. The molecule has 1 amide bonds. The fourth-order valence-electron chi connectivity index (χ4n) is 1.75. The average molecular weight is 297 g/mol. The van der Waals surface area contributed by atoms with Crippen molar-refractivity contribution < 1.29 is 14.3 Å². The summed E-state index contributed by atoms with van der Waals surface area (Å²) in [6.45, 7) is 0.786. The first-order chi connectivity index (χ1) is 10.7. The van der Waals surface area contributed by atoms with E-state index in [0.29, 0.717) is 35.9 Å². The zero-order chi connectivity index (χ0) is 15.8. The van der Waals surface area contributed by atoms with Gasteiger partial charge in [0.2, 0.25) is 0 Å². The third-order valence-electron chi connectivity index (χ3n) is 2.80. The van der Waals surface area contributed by atoms with E-state index < -0.39 is 0 Å². The fraction of sp³-hybridized carbons (Fsp3) is 0.188. The van der Waals surface area contributed by atoms with Gasteiger partial charge in [0.25, 0.3) is 5.91 Å². The Morgan fingerprint density at radius 3 is 2.86 bits per heavy atom. The van der Waals surface area contributed by atoms with Crippen LogP contribution < -0.4 is 10.1 Å². The lowest BCUT2D eigenvalue weighted by Crippen LogP contribution is -2.13. The molecule has 6 nitrogen and oxygen atoms in total. The molecule has 6 heteroatoms. The Hall–Kier alpha value is -2.91. The van der Waals surface area contributed by atoms with Gasteiger partial charge < -0.3 is 14.8 Å². The van der Waals surface area contributed by atoms with Crippen LogP contribution >= 0.6 is 0 Å². The van der Waals surface area contributed by atoms with Gasteiger partial charge in [-0.2, -0.15) is 5.26 Å². The zero-order valence-corrected chi connectivity index (χ0v) is 12.1. The number of benzene rings is 1. The molecule has 0 aliphatic rings. The summed E-state index contributed by atoms with van der Waals surface area (Å²) < 4.78 is 10.3. The highest BCUT2D eigenvalue weighted by molar-refractivity contribution is 6.02. The number of nitrogens with zero attached hydrogens (tertiary/aromatic N) is 2. The first-order valence-corrected chi connectivity index (χ1v) is 6.63. The van der Waals surface area contributed by atoms with Crippen LogP contribution in [0.3, 0.4) is 0 Å². The standard InChI is InChI=1S/C16H15N3O3/c1-21-8-9-22-15-6-5-13(10-12(15)11-17)19-16(20)14-4-2-3-7-18-14/h2-7,10H,8-9H2,1H3,(H,19,20). The third kappa shape index (κ3) is 4.04. The minimum Gasteiger partial charge on any atom is -0.490 e. The molecule has 2 aromatic rings. The largest absolute Gasteiger partial charge is 0.490 e. The monoisotopic (exact) mass is 297 g/mol. The second-order valence-electron chi connectivity index (χ2n) is 4.33. The molecule has 0 radical (unpaired) electrons. The quantitative estimate of drug-likeness (QED) is 0.826. The second kappa shape index (κ2) is 7.76. The van der Waals surface area contributed by atoms with Crippen LogP contribution in [0, 0.1) is 11.3 Å². The van der Waals surface area contributed by atoms with E-state index in [4.69, 9.17) is 14.7 Å². The minimum atomic E-state index is -0.336. The molecule has 0 bridgehead atoms. The summed E-state index contributed by atoms with van der Waals surface area (Å²) in [5.74, 6) is 0.118. The van der Waals surface area contributed by atoms with E-state index in [-0.39, 0.29) is 5.91 Å². The maximum absolute atomic E-state index is 12.0. The van der Waals surface area contributed by atoms with Crippen LogP contribution in [0.2, 0.25) is 0 Å². The Labute approximate surface area is 128 Å². The van der Waals surface area contributed by atoms with Crippen molar-refractivity contribution >= 4 is 11.6 Å². The highest BCUT2D eigenvalue weighted by atomic mass is 16.5. The molecule has 1 aromatic heterocycles. The number of methoxy groups -OCH3 is 1. The number of amides is 1. The predicted molar refractivity (Wildman–Crippen MR) is 80.7 cm³/mol. The smallest absolute Gasteiger partial charge is 0.274 e. The van der Waals surface area contributed by atoms with E-state index in [1.165, 1.54) is 0 Å². The van der Waals surface area contributed by atoms with Gasteiger partial charge in [-0.1, -0.05) is 6.07 Å². The van der Waals surface area contributed by atoms with Gasteiger partial charge in [-0.3, -0.25) is 9.78 Å². The highest BCUT2D eigenvalue weighted by Gasteiger charge is 2.09. The van der Waals surface area contributed by atoms with Crippen molar-refractivity contribution in [3.8, 4) is 11.8 Å². The topological polar surface area (TPSA) is 84.2 Å². The summed E-state index contributed by atoms with van der Waals surface area (Å²) in [4.78, 5) is 16.0. The van der Waals surface area contributed by atoms with Gasteiger partial charge >= 0.3 is 0 Å². The van der Waals surface area contributed by atoms with Crippen molar-refractivity contribution in [2.75, 3.05) is 25.6 Å². The lowest BCUT2D eigenvalue weighted by Gasteiger charge is -2.10. The summed E-state index contributed by atoms with van der Waals surface area (Å²) in [6, 6.07) is 12.0. The highest BCUT2D eigenvalue weighted by Crippen LogP contribution is 2.22. The first-order valence-electron chi connectivity index (χ1n) is 6.63. The van der Waals surface area contributed by atoms with E-state index in [0.717, 1.165) is 0 Å². The summed E-state index contributed by atoms with van der Waals surface area (Å²) in [7, 11) is 1.57. The summed E-state index contributed by atoms with van der Waals surface area (Å²) >= 11 is 0. The number of anilines is 1. The maximum atomic E-state index is 12.0. The molecule has 0 unspecified atom stereocenters. The van der Waals surface area contributed by atoms with Crippen LogP contribution in [0.4, 0.5) is 5.69 Å². The van der Waals surface area contributed by atoms with Crippen molar-refractivity contribution in [2.24, 2.45) is 0 Å². The van der Waals surface area contributed by atoms with Gasteiger partial charge in [0, 0.05) is 19.0 Å². The SMILES string of the molecule is COCCOc1ccc(NC(=O)c2ccccn2)cc1C#N. The molecule has 1 heterocycles. The van der Waals surface area contributed by atoms with Gasteiger partial charge in [-0.25, -0.2) is 0 Å². The number of nitrogens with one attached hydrogen (secondary N) is 1. The van der Waals surface area contributed by atoms with Gasteiger partial charge in [0.15, 0.2) is 0 Å².